The quantitative estimate of drug-likeness (QED) is 0.292. The van der Waals surface area contributed by atoms with Crippen molar-refractivity contribution in [3.05, 3.63) is 0 Å². The molecule has 0 amide bonds. The second-order valence-corrected chi connectivity index (χ2v) is 63.8. The van der Waals surface area contributed by atoms with Gasteiger partial charge in [0, 0.05) is 0 Å². The Bertz CT molecular complexity index is 119. The summed E-state index contributed by atoms with van der Waals surface area (Å²) in [6, 6.07) is 0. The molecule has 0 nitrogen and oxygen atoms in total. The zero-order valence-corrected chi connectivity index (χ0v) is 16.2. The summed E-state index contributed by atoms with van der Waals surface area (Å²) in [5, 5.41) is 0. The van der Waals surface area contributed by atoms with E-state index in [-0.39, 0.29) is 0 Å². The fourth-order valence-corrected chi connectivity index (χ4v) is 10.2. The zero-order chi connectivity index (χ0) is 9.15. The van der Waals surface area contributed by atoms with E-state index in [0.717, 1.165) is 5.92 Å². The summed E-state index contributed by atoms with van der Waals surface area (Å²) >= 11 is 10.6. The average Bonchev–Trinajstić information content (AvgIpc) is 1.56. The number of hydrogen-bond acceptors (Lipinski definition) is 0. The Morgan fingerprint density at radius 3 is 1.91 bits per heavy atom. The summed E-state index contributed by atoms with van der Waals surface area (Å²) in [6.45, 7) is 4.64. The first-order valence-corrected chi connectivity index (χ1v) is 17.2. The maximum atomic E-state index is 2.66. The Balaban J connectivity index is 3.85. The standard InChI is InChI=1S/C6H14I4S/c1-3-4-6(2)5-11(7,8,9)10/h6,11H,3-5H2,1-2H3/t6-/m1/s1. The van der Waals surface area contributed by atoms with Crippen molar-refractivity contribution >= 4 is 82.7 Å². The fourth-order valence-electron chi connectivity index (χ4n) is 1.06. The molecule has 0 fully saturated rings. The predicted octanol–water partition coefficient (Wildman–Crippen LogP) is 5.90. The van der Waals surface area contributed by atoms with Crippen LogP contribution in [-0.2, 0) is 0 Å². The van der Waals surface area contributed by atoms with Crippen LogP contribution < -0.4 is 0 Å². The van der Waals surface area contributed by atoms with Crippen LogP contribution in [0.1, 0.15) is 26.7 Å². The van der Waals surface area contributed by atoms with Gasteiger partial charge in [-0.3, -0.25) is 0 Å². The van der Waals surface area contributed by atoms with Crippen LogP contribution in [-0.4, -0.2) is 5.75 Å². The highest BCUT2D eigenvalue weighted by molar-refractivity contribution is 14.6. The molecule has 0 aliphatic rings. The lowest BCUT2D eigenvalue weighted by molar-refractivity contribution is 0.586. The van der Waals surface area contributed by atoms with Gasteiger partial charge in [-0.2, -0.15) is 0 Å². The molecule has 5 heteroatoms. The molecule has 0 radical (unpaired) electrons. The molecule has 0 aliphatic carbocycles. The number of hydrogen-bond donors (Lipinski definition) is 1. The maximum absolute atomic E-state index is 2.66. The van der Waals surface area contributed by atoms with E-state index >= 15 is 0 Å². The van der Waals surface area contributed by atoms with Crippen LogP contribution in [0.3, 0.4) is 0 Å². The third kappa shape index (κ3) is 11.2. The molecule has 11 heavy (non-hydrogen) atoms. The highest BCUT2D eigenvalue weighted by atomic mass is 127. The molecular formula is C6H14I4S. The third-order valence-electron chi connectivity index (χ3n) is 1.37. The van der Waals surface area contributed by atoms with Crippen molar-refractivity contribution in [3.63, 3.8) is 0 Å². The first-order valence-electron chi connectivity index (χ1n) is 3.59. The molecule has 0 aromatic rings. The van der Waals surface area contributed by atoms with Crippen molar-refractivity contribution in [3.8, 4) is 0 Å². The van der Waals surface area contributed by atoms with Crippen molar-refractivity contribution in [2.24, 2.45) is 5.92 Å². The third-order valence-corrected chi connectivity index (χ3v) is 7.27. The minimum absolute atomic E-state index is 0.903. The van der Waals surface area contributed by atoms with Crippen LogP contribution in [0.2, 0.25) is 0 Å². The summed E-state index contributed by atoms with van der Waals surface area (Å²) in [5.41, 5.74) is 0. The van der Waals surface area contributed by atoms with E-state index in [2.05, 4.69) is 98.7 Å². The van der Waals surface area contributed by atoms with Gasteiger partial charge < -0.3 is 0 Å². The number of thiol groups is 1. The summed E-state index contributed by atoms with van der Waals surface area (Å²) in [7, 11) is 0. The zero-order valence-electron chi connectivity index (χ0n) is 6.66. The molecule has 0 aromatic carbocycles. The van der Waals surface area contributed by atoms with Crippen LogP contribution in [0, 0.1) is 5.92 Å². The SMILES string of the molecule is CCC[C@@H](C)C[SH](I)(I)(I)I. The van der Waals surface area contributed by atoms with E-state index < -0.39 is -2.15 Å². The molecule has 0 spiro atoms. The van der Waals surface area contributed by atoms with E-state index in [1.54, 1.807) is 0 Å². The van der Waals surface area contributed by atoms with E-state index in [4.69, 9.17) is 0 Å². The topological polar surface area (TPSA) is 0 Å². The minimum atomic E-state index is -1.33. The van der Waals surface area contributed by atoms with Gasteiger partial charge in [-0.25, -0.2) is 0 Å². The van der Waals surface area contributed by atoms with Crippen LogP contribution in [0.25, 0.3) is 0 Å². The molecule has 0 unspecified atom stereocenters. The minimum Gasteiger partial charge on any atom is -0.116 e. The molecule has 72 valence electrons. The van der Waals surface area contributed by atoms with Gasteiger partial charge in [-0.15, -0.1) is -2.15 Å². The second-order valence-electron chi connectivity index (χ2n) is 2.94. The molecule has 0 saturated heterocycles. The molecule has 0 bridgehead atoms. The summed E-state index contributed by atoms with van der Waals surface area (Å²) in [4.78, 5) is 0. The van der Waals surface area contributed by atoms with Crippen molar-refractivity contribution in [2.45, 2.75) is 26.7 Å². The van der Waals surface area contributed by atoms with Crippen molar-refractivity contribution in [2.75, 3.05) is 5.75 Å². The highest BCUT2D eigenvalue weighted by Gasteiger charge is 2.28. The van der Waals surface area contributed by atoms with Gasteiger partial charge in [0.05, 0.1) is 0 Å². The Labute approximate surface area is 118 Å². The fraction of sp³-hybridized carbons (Fsp3) is 1.00. The Hall–Kier alpha value is 3.27. The second kappa shape index (κ2) is 5.38. The molecule has 0 aromatic heterocycles. The van der Waals surface area contributed by atoms with Gasteiger partial charge in [-0.05, 0) is 96.5 Å². The largest absolute Gasteiger partial charge is 0.116 e. The lowest BCUT2D eigenvalue weighted by atomic mass is 10.1. The van der Waals surface area contributed by atoms with Gasteiger partial charge in [0.25, 0.3) is 0 Å². The Morgan fingerprint density at radius 2 is 1.64 bits per heavy atom. The van der Waals surface area contributed by atoms with Crippen LogP contribution >= 0.6 is 82.7 Å². The monoisotopic (exact) mass is 626 g/mol. The normalized spacial score (nSPS) is 18.9. The number of halogens is 4. The van der Waals surface area contributed by atoms with Crippen molar-refractivity contribution in [1.29, 1.82) is 0 Å². The van der Waals surface area contributed by atoms with E-state index in [1.807, 2.05) is 0 Å². The van der Waals surface area contributed by atoms with Gasteiger partial charge in [0.15, 0.2) is 0 Å². The van der Waals surface area contributed by atoms with Gasteiger partial charge >= 0.3 is 0 Å². The summed E-state index contributed by atoms with van der Waals surface area (Å²) in [6.07, 6.45) is 2.71. The van der Waals surface area contributed by atoms with E-state index in [0.29, 0.717) is 0 Å². The highest BCUT2D eigenvalue weighted by Crippen LogP contribution is 2.96. The van der Waals surface area contributed by atoms with E-state index in [1.165, 1.54) is 18.6 Å². The van der Waals surface area contributed by atoms with Gasteiger partial charge in [-0.1, -0.05) is 26.7 Å². The Morgan fingerprint density at radius 1 is 1.18 bits per heavy atom. The Kier molecular flexibility index (Phi) is 6.98. The lowest BCUT2D eigenvalue weighted by Crippen LogP contribution is -2.03. The molecule has 0 saturated carbocycles. The lowest BCUT2D eigenvalue weighted by Gasteiger charge is -2.39. The van der Waals surface area contributed by atoms with Gasteiger partial charge in [0.1, 0.15) is 0 Å². The summed E-state index contributed by atoms with van der Waals surface area (Å²) < 4.78 is -1.33. The summed E-state index contributed by atoms with van der Waals surface area (Å²) in [5.74, 6) is 2.31. The predicted molar refractivity (Wildman–Crippen MR) is 94.0 cm³/mol. The van der Waals surface area contributed by atoms with Crippen LogP contribution in [0.4, 0.5) is 0 Å². The maximum Gasteiger partial charge on any atom is -0.00427 e. The molecule has 0 heterocycles. The first-order chi connectivity index (χ1) is 4.71. The smallest absolute Gasteiger partial charge is 0.00427 e. The molecule has 1 atom stereocenters. The van der Waals surface area contributed by atoms with Crippen LogP contribution in [0.15, 0.2) is 0 Å². The molecule has 0 aliphatic heterocycles. The molecular weight excluding hydrogens is 612 g/mol. The average molecular weight is 626 g/mol. The van der Waals surface area contributed by atoms with E-state index in [9.17, 15) is 0 Å². The van der Waals surface area contributed by atoms with Crippen molar-refractivity contribution in [1.82, 2.24) is 0 Å². The van der Waals surface area contributed by atoms with Crippen molar-refractivity contribution < 1.29 is 0 Å². The van der Waals surface area contributed by atoms with Gasteiger partial charge in [0.2, 0.25) is 0 Å². The first kappa shape index (κ1) is 14.3. The van der Waals surface area contributed by atoms with Crippen LogP contribution in [0.5, 0.6) is 0 Å². The molecule has 0 rings (SSSR count). The molecule has 0 N–H and O–H groups in total. The number of rotatable bonds is 4.